The van der Waals surface area contributed by atoms with Crippen LogP contribution in [0.25, 0.3) is 11.4 Å². The number of methoxy groups -OCH3 is 1. The summed E-state index contributed by atoms with van der Waals surface area (Å²) >= 11 is 5.14. The molecule has 1 aromatic heterocycles. The van der Waals surface area contributed by atoms with Crippen LogP contribution in [0.2, 0.25) is 0 Å². The van der Waals surface area contributed by atoms with E-state index < -0.39 is 5.97 Å². The number of H-pyrrole nitrogens is 1. The first-order valence-corrected chi connectivity index (χ1v) is 6.68. The molecule has 0 bridgehead atoms. The lowest BCUT2D eigenvalue weighted by atomic mass is 10.1. The minimum atomic E-state index is -0.865. The number of aromatic amines is 1. The number of phenols is 1. The number of rotatable bonds is 6. The highest BCUT2D eigenvalue weighted by atomic mass is 32.1. The van der Waals surface area contributed by atoms with Crippen molar-refractivity contribution >= 4 is 18.2 Å². The smallest absolute Gasteiger partial charge is 0.303 e. The van der Waals surface area contributed by atoms with Gasteiger partial charge in [-0.2, -0.15) is 5.10 Å². The molecular formula is C13H15N3O4S. The Morgan fingerprint density at radius 2 is 2.29 bits per heavy atom. The minimum Gasteiger partial charge on any atom is -0.507 e. The number of carboxylic acids is 1. The van der Waals surface area contributed by atoms with Gasteiger partial charge in [0.15, 0.2) is 10.6 Å². The molecule has 1 heterocycles. The lowest BCUT2D eigenvalue weighted by Gasteiger charge is -2.09. The summed E-state index contributed by atoms with van der Waals surface area (Å²) < 4.78 is 7.16. The molecule has 0 amide bonds. The Balaban J connectivity index is 2.36. The lowest BCUT2D eigenvalue weighted by Crippen LogP contribution is -2.04. The van der Waals surface area contributed by atoms with E-state index in [9.17, 15) is 9.90 Å². The molecule has 2 rings (SSSR count). The Kier molecular flexibility index (Phi) is 4.59. The number of hydrogen-bond acceptors (Lipinski definition) is 5. The van der Waals surface area contributed by atoms with Crippen molar-refractivity contribution in [3.05, 3.63) is 23.0 Å². The van der Waals surface area contributed by atoms with Crippen LogP contribution in [0.5, 0.6) is 11.5 Å². The number of ether oxygens (including phenoxy) is 1. The van der Waals surface area contributed by atoms with E-state index in [1.807, 2.05) is 0 Å². The largest absolute Gasteiger partial charge is 0.507 e. The average molecular weight is 309 g/mol. The minimum absolute atomic E-state index is 0.0382. The van der Waals surface area contributed by atoms with Crippen molar-refractivity contribution in [3.63, 3.8) is 0 Å². The molecule has 0 spiro atoms. The van der Waals surface area contributed by atoms with E-state index in [0.717, 1.165) is 0 Å². The van der Waals surface area contributed by atoms with Crippen molar-refractivity contribution in [2.24, 2.45) is 0 Å². The first-order chi connectivity index (χ1) is 10.0. The fraction of sp³-hybridized carbons (Fsp3) is 0.308. The summed E-state index contributed by atoms with van der Waals surface area (Å²) in [6.45, 7) is 0.396. The fourth-order valence-corrected chi connectivity index (χ4v) is 2.16. The third kappa shape index (κ3) is 3.40. The van der Waals surface area contributed by atoms with Crippen LogP contribution in [0.15, 0.2) is 18.2 Å². The molecule has 8 heteroatoms. The van der Waals surface area contributed by atoms with Crippen LogP contribution in [-0.4, -0.2) is 38.1 Å². The van der Waals surface area contributed by atoms with Gasteiger partial charge in [-0.05, 0) is 36.8 Å². The molecule has 7 nitrogen and oxygen atoms in total. The number of aliphatic carboxylic acids is 1. The first-order valence-electron chi connectivity index (χ1n) is 6.27. The van der Waals surface area contributed by atoms with Crippen LogP contribution in [0, 0.1) is 4.77 Å². The van der Waals surface area contributed by atoms with E-state index in [1.54, 1.807) is 16.7 Å². The molecule has 0 fully saturated rings. The molecule has 0 saturated carbocycles. The van der Waals surface area contributed by atoms with Gasteiger partial charge >= 0.3 is 5.97 Å². The second-order valence-corrected chi connectivity index (χ2v) is 4.77. The van der Waals surface area contributed by atoms with Crippen molar-refractivity contribution in [1.29, 1.82) is 0 Å². The van der Waals surface area contributed by atoms with Crippen LogP contribution in [0.3, 0.4) is 0 Å². The number of carboxylic acid groups (broad SMARTS) is 1. The number of nitrogens with zero attached hydrogens (tertiary/aromatic N) is 2. The van der Waals surface area contributed by atoms with Gasteiger partial charge in [0.25, 0.3) is 0 Å². The summed E-state index contributed by atoms with van der Waals surface area (Å²) in [6, 6.07) is 4.79. The van der Waals surface area contributed by atoms with E-state index in [-0.39, 0.29) is 12.2 Å². The number of carbonyl (C=O) groups is 1. The van der Waals surface area contributed by atoms with Gasteiger partial charge in [0.05, 0.1) is 12.7 Å². The fourth-order valence-electron chi connectivity index (χ4n) is 1.94. The number of phenolic OH excluding ortho intramolecular Hbond substituents is 1. The highest BCUT2D eigenvalue weighted by Gasteiger charge is 2.14. The Labute approximate surface area is 125 Å². The highest BCUT2D eigenvalue weighted by Crippen LogP contribution is 2.31. The summed E-state index contributed by atoms with van der Waals surface area (Å²) in [4.78, 5) is 10.6. The van der Waals surface area contributed by atoms with E-state index in [4.69, 9.17) is 22.1 Å². The topological polar surface area (TPSA) is 100 Å². The predicted molar refractivity (Wildman–Crippen MR) is 77.9 cm³/mol. The van der Waals surface area contributed by atoms with Crippen LogP contribution in [-0.2, 0) is 11.3 Å². The van der Waals surface area contributed by atoms with E-state index in [1.165, 1.54) is 13.2 Å². The standard InChI is InChI=1S/C13H15N3O4S/c1-20-8-4-5-10(17)9(7-8)12-14-15-13(21)16(12)6-2-3-11(18)19/h4-5,7,17H,2-3,6H2,1H3,(H,15,21)(H,18,19). The van der Waals surface area contributed by atoms with E-state index in [0.29, 0.717) is 34.9 Å². The lowest BCUT2D eigenvalue weighted by molar-refractivity contribution is -0.137. The molecule has 0 atom stereocenters. The molecule has 0 aliphatic rings. The quantitative estimate of drug-likeness (QED) is 0.707. The van der Waals surface area contributed by atoms with Gasteiger partial charge in [0, 0.05) is 13.0 Å². The Morgan fingerprint density at radius 1 is 1.52 bits per heavy atom. The summed E-state index contributed by atoms with van der Waals surface area (Å²) in [5.41, 5.74) is 0.469. The molecule has 0 aliphatic carbocycles. The van der Waals surface area contributed by atoms with Gasteiger partial charge in [-0.1, -0.05) is 0 Å². The molecule has 2 aromatic rings. The SMILES string of the molecule is COc1ccc(O)c(-c2n[nH]c(=S)n2CCCC(=O)O)c1. The van der Waals surface area contributed by atoms with E-state index >= 15 is 0 Å². The second kappa shape index (κ2) is 6.40. The molecule has 0 radical (unpaired) electrons. The normalized spacial score (nSPS) is 10.5. The molecule has 21 heavy (non-hydrogen) atoms. The van der Waals surface area contributed by atoms with Crippen molar-refractivity contribution in [1.82, 2.24) is 14.8 Å². The zero-order valence-electron chi connectivity index (χ0n) is 11.4. The predicted octanol–water partition coefficient (Wildman–Crippen LogP) is 2.19. The van der Waals surface area contributed by atoms with Crippen LogP contribution in [0.4, 0.5) is 0 Å². The van der Waals surface area contributed by atoms with Crippen molar-refractivity contribution in [2.45, 2.75) is 19.4 Å². The van der Waals surface area contributed by atoms with Crippen molar-refractivity contribution in [2.75, 3.05) is 7.11 Å². The zero-order valence-corrected chi connectivity index (χ0v) is 12.2. The maximum absolute atomic E-state index is 10.6. The molecule has 1 aromatic carbocycles. The third-order valence-corrected chi connectivity index (χ3v) is 3.29. The third-order valence-electron chi connectivity index (χ3n) is 2.98. The number of aromatic hydroxyl groups is 1. The second-order valence-electron chi connectivity index (χ2n) is 4.38. The van der Waals surface area contributed by atoms with Crippen molar-refractivity contribution < 1.29 is 19.7 Å². The number of benzene rings is 1. The monoisotopic (exact) mass is 309 g/mol. The van der Waals surface area contributed by atoms with Gasteiger partial charge in [0.2, 0.25) is 0 Å². The van der Waals surface area contributed by atoms with Gasteiger partial charge < -0.3 is 19.5 Å². The van der Waals surface area contributed by atoms with Crippen LogP contribution in [0.1, 0.15) is 12.8 Å². The number of aromatic nitrogens is 3. The van der Waals surface area contributed by atoms with Crippen LogP contribution >= 0.6 is 12.2 Å². The molecule has 0 aliphatic heterocycles. The maximum atomic E-state index is 10.6. The van der Waals surface area contributed by atoms with Gasteiger partial charge in [-0.3, -0.25) is 9.89 Å². The van der Waals surface area contributed by atoms with Crippen molar-refractivity contribution in [3.8, 4) is 22.9 Å². The Bertz CT molecular complexity index is 708. The van der Waals surface area contributed by atoms with Crippen LogP contribution < -0.4 is 4.74 Å². The number of nitrogens with one attached hydrogen (secondary N) is 1. The first kappa shape index (κ1) is 15.0. The maximum Gasteiger partial charge on any atom is 0.303 e. The summed E-state index contributed by atoms with van der Waals surface area (Å²) in [6.07, 6.45) is 0.456. The summed E-state index contributed by atoms with van der Waals surface area (Å²) in [5.74, 6) is 0.204. The molecule has 0 saturated heterocycles. The zero-order chi connectivity index (χ0) is 15.4. The summed E-state index contributed by atoms with van der Waals surface area (Å²) in [5, 5.41) is 25.4. The van der Waals surface area contributed by atoms with Gasteiger partial charge in [0.1, 0.15) is 11.5 Å². The molecule has 112 valence electrons. The molecule has 3 N–H and O–H groups in total. The molecule has 0 unspecified atom stereocenters. The number of hydrogen-bond donors (Lipinski definition) is 3. The van der Waals surface area contributed by atoms with Gasteiger partial charge in [-0.25, -0.2) is 0 Å². The Morgan fingerprint density at radius 3 is 2.95 bits per heavy atom. The molecular weight excluding hydrogens is 294 g/mol. The van der Waals surface area contributed by atoms with E-state index in [2.05, 4.69) is 10.2 Å². The van der Waals surface area contributed by atoms with Gasteiger partial charge in [-0.15, -0.1) is 0 Å². The highest BCUT2D eigenvalue weighted by molar-refractivity contribution is 7.71. The average Bonchev–Trinajstić information content (AvgIpc) is 2.81. The summed E-state index contributed by atoms with van der Waals surface area (Å²) in [7, 11) is 1.53. The Hall–Kier alpha value is -2.35.